The molecule has 0 N–H and O–H groups in total. The van der Waals surface area contributed by atoms with Crippen molar-refractivity contribution in [1.82, 2.24) is 0 Å². The zero-order valence-electron chi connectivity index (χ0n) is 36.6. The van der Waals surface area contributed by atoms with E-state index in [-0.39, 0.29) is 48.7 Å². The molecule has 55 heavy (non-hydrogen) atoms. The van der Waals surface area contributed by atoms with Crippen LogP contribution in [0.5, 0.6) is 0 Å². The van der Waals surface area contributed by atoms with Crippen LogP contribution in [-0.2, 0) is 10.8 Å². The Hall–Kier alpha value is -3.64. The van der Waals surface area contributed by atoms with Crippen molar-refractivity contribution in [3.05, 3.63) is 155 Å². The van der Waals surface area contributed by atoms with E-state index in [1.54, 1.807) is 11.1 Å². The topological polar surface area (TPSA) is 0 Å². The van der Waals surface area contributed by atoms with Gasteiger partial charge in [0.2, 0.25) is 0 Å². The smallest absolute Gasteiger partial charge is 0.00475 e. The van der Waals surface area contributed by atoms with E-state index in [0.29, 0.717) is 11.8 Å². The summed E-state index contributed by atoms with van der Waals surface area (Å²) in [5.74, 6) is 0.817. The molecule has 9 unspecified atom stereocenters. The van der Waals surface area contributed by atoms with E-state index in [9.17, 15) is 0 Å². The molecule has 288 valence electrons. The van der Waals surface area contributed by atoms with Crippen molar-refractivity contribution in [3.63, 3.8) is 0 Å². The van der Waals surface area contributed by atoms with Crippen molar-refractivity contribution in [3.8, 4) is 0 Å². The van der Waals surface area contributed by atoms with Gasteiger partial charge in [-0.3, -0.25) is 0 Å². The molecule has 0 saturated heterocycles. The Morgan fingerprint density at radius 1 is 0.582 bits per heavy atom. The highest BCUT2D eigenvalue weighted by molar-refractivity contribution is 6.08. The van der Waals surface area contributed by atoms with Crippen LogP contribution in [0.25, 0.3) is 11.1 Å². The van der Waals surface area contributed by atoms with E-state index in [0.717, 1.165) is 12.8 Å². The summed E-state index contributed by atoms with van der Waals surface area (Å²) in [4.78, 5) is 0. The predicted octanol–water partition coefficient (Wildman–Crippen LogP) is 15.0. The number of hydrogen-bond donors (Lipinski definition) is 0. The molecule has 2 aromatic rings. The first-order valence-electron chi connectivity index (χ1n) is 21.3. The maximum absolute atomic E-state index is 2.76. The van der Waals surface area contributed by atoms with Gasteiger partial charge >= 0.3 is 0 Å². The Kier molecular flexibility index (Phi) is 8.14. The summed E-state index contributed by atoms with van der Waals surface area (Å²) < 4.78 is 0. The van der Waals surface area contributed by atoms with Gasteiger partial charge < -0.3 is 0 Å². The van der Waals surface area contributed by atoms with Crippen LogP contribution >= 0.6 is 0 Å². The molecule has 0 aliphatic heterocycles. The summed E-state index contributed by atoms with van der Waals surface area (Å²) in [7, 11) is 0. The molecule has 0 nitrogen and oxygen atoms in total. The van der Waals surface area contributed by atoms with Gasteiger partial charge in [-0.15, -0.1) is 0 Å². The maximum atomic E-state index is 2.76. The Bertz CT molecular complexity index is 2170. The molecule has 6 aliphatic rings. The van der Waals surface area contributed by atoms with Crippen LogP contribution in [0.15, 0.2) is 133 Å². The summed E-state index contributed by atoms with van der Waals surface area (Å²) in [5, 5.41) is 0. The first kappa shape index (κ1) is 38.2. The van der Waals surface area contributed by atoms with E-state index >= 15 is 0 Å². The van der Waals surface area contributed by atoms with E-state index in [1.807, 2.05) is 0 Å². The van der Waals surface area contributed by atoms with Gasteiger partial charge in [0.05, 0.1) is 0 Å². The fraction of sp³-hybridized carbons (Fsp3) is 0.491. The highest BCUT2D eigenvalue weighted by Gasteiger charge is 2.86. The molecule has 2 saturated carbocycles. The predicted molar refractivity (Wildman–Crippen MR) is 238 cm³/mol. The van der Waals surface area contributed by atoms with Gasteiger partial charge in [0.15, 0.2) is 0 Å². The summed E-state index contributed by atoms with van der Waals surface area (Å²) >= 11 is 0. The summed E-state index contributed by atoms with van der Waals surface area (Å²) in [6.45, 7) is 35.1. The van der Waals surface area contributed by atoms with Crippen molar-refractivity contribution in [1.29, 1.82) is 0 Å². The normalized spacial score (nSPS) is 40.1. The minimum atomic E-state index is -0.112. The largest absolute Gasteiger partial charge is 0.0802 e. The molecular formula is C55H68. The second kappa shape index (κ2) is 11.7. The SMILES string of the molecule is CC1=CC=CC2C(CC3=C(c4ccc(C(C)(C)C)cc4)C(c4ccc(C(C)(C)C)cc4)=CC3)C3(C)C4(C)C=CC=CC4(C)C4(C)C=CC=CC4(C)C3(C)C12C. The number of rotatable bonds is 4. The third-order valence-electron chi connectivity index (χ3n) is 18.4. The van der Waals surface area contributed by atoms with Crippen LogP contribution < -0.4 is 0 Å². The van der Waals surface area contributed by atoms with Gasteiger partial charge in [-0.2, -0.15) is 0 Å². The fourth-order valence-corrected chi connectivity index (χ4v) is 14.3. The minimum absolute atomic E-state index is 0.0429. The molecule has 0 amide bonds. The van der Waals surface area contributed by atoms with Crippen LogP contribution in [0.2, 0.25) is 0 Å². The highest BCUT2D eigenvalue weighted by Crippen LogP contribution is 2.91. The van der Waals surface area contributed by atoms with Gasteiger partial charge in [0.1, 0.15) is 0 Å². The molecule has 8 rings (SSSR count). The number of fused-ring (bicyclic) bond motifs is 8. The van der Waals surface area contributed by atoms with Crippen LogP contribution in [0.4, 0.5) is 0 Å². The van der Waals surface area contributed by atoms with Crippen LogP contribution in [0.1, 0.15) is 132 Å². The number of hydrogen-bond acceptors (Lipinski definition) is 0. The van der Waals surface area contributed by atoms with Crippen molar-refractivity contribution in [2.24, 2.45) is 49.7 Å². The first-order valence-corrected chi connectivity index (χ1v) is 21.3. The van der Waals surface area contributed by atoms with Gasteiger partial charge in [0, 0.05) is 27.1 Å². The second-order valence-electron chi connectivity index (χ2n) is 21.8. The molecule has 0 heterocycles. The minimum Gasteiger partial charge on any atom is -0.0802 e. The molecule has 0 bridgehead atoms. The maximum Gasteiger partial charge on any atom is 0.00475 e. The van der Waals surface area contributed by atoms with Crippen LogP contribution in [-0.4, -0.2) is 0 Å². The fourth-order valence-electron chi connectivity index (χ4n) is 14.3. The first-order chi connectivity index (χ1) is 25.6. The van der Waals surface area contributed by atoms with Crippen molar-refractivity contribution in [2.75, 3.05) is 0 Å². The molecular weight excluding hydrogens is 661 g/mol. The Balaban J connectivity index is 1.37. The lowest BCUT2D eigenvalue weighted by Crippen LogP contribution is -2.75. The molecule has 6 aliphatic carbocycles. The Labute approximate surface area is 335 Å². The zero-order chi connectivity index (χ0) is 39.8. The lowest BCUT2D eigenvalue weighted by atomic mass is 9.23. The second-order valence-corrected chi connectivity index (χ2v) is 21.8. The van der Waals surface area contributed by atoms with E-state index in [1.165, 1.54) is 33.4 Å². The Morgan fingerprint density at radius 3 is 1.58 bits per heavy atom. The van der Waals surface area contributed by atoms with Gasteiger partial charge in [0.25, 0.3) is 0 Å². The van der Waals surface area contributed by atoms with E-state index < -0.39 is 0 Å². The summed E-state index contributed by atoms with van der Waals surface area (Å²) in [5.41, 5.74) is 11.1. The lowest BCUT2D eigenvalue weighted by molar-refractivity contribution is -0.272. The standard InChI is InChI=1S/C55H68/c1-37-20-19-21-44-45(54(13)51(10)34-17-15-32-49(51,8)50(9)33-16-18-35-52(50,11)55(54,14)53(37,44)12)36-40-26-31-43(38-22-27-41(28-23-38)47(2,3)4)46(40)39-24-29-42(30-25-39)48(5,6)7/h15-25,27-35,44-45H,26,36H2,1-14H3. The molecule has 0 radical (unpaired) electrons. The average molecular weight is 729 g/mol. The quantitative estimate of drug-likeness (QED) is 0.294. The summed E-state index contributed by atoms with van der Waals surface area (Å²) in [6, 6.07) is 19.1. The van der Waals surface area contributed by atoms with Crippen molar-refractivity contribution >= 4 is 11.1 Å². The number of allylic oxidation sites excluding steroid dienone is 16. The van der Waals surface area contributed by atoms with E-state index in [2.05, 4.69) is 218 Å². The van der Waals surface area contributed by atoms with Gasteiger partial charge in [-0.25, -0.2) is 0 Å². The van der Waals surface area contributed by atoms with Crippen LogP contribution in [0, 0.1) is 49.7 Å². The van der Waals surface area contributed by atoms with E-state index in [4.69, 9.17) is 0 Å². The van der Waals surface area contributed by atoms with Gasteiger partial charge in [-0.05, 0) is 86.7 Å². The highest BCUT2D eigenvalue weighted by atomic mass is 14.9. The zero-order valence-corrected chi connectivity index (χ0v) is 36.6. The number of benzene rings is 2. The van der Waals surface area contributed by atoms with Gasteiger partial charge in [-0.1, -0.05) is 223 Å². The lowest BCUT2D eigenvalue weighted by Gasteiger charge is -2.80. The molecule has 0 aromatic heterocycles. The Morgan fingerprint density at radius 2 is 1.05 bits per heavy atom. The van der Waals surface area contributed by atoms with Crippen molar-refractivity contribution < 1.29 is 0 Å². The molecule has 9 atom stereocenters. The monoisotopic (exact) mass is 729 g/mol. The molecule has 2 fully saturated rings. The third-order valence-corrected chi connectivity index (χ3v) is 18.4. The average Bonchev–Trinajstić information content (AvgIpc) is 3.62. The molecule has 0 heteroatoms. The molecule has 0 spiro atoms. The third kappa shape index (κ3) is 4.47. The van der Waals surface area contributed by atoms with Crippen molar-refractivity contribution in [2.45, 2.75) is 121 Å². The molecule has 2 aromatic carbocycles. The van der Waals surface area contributed by atoms with Crippen LogP contribution in [0.3, 0.4) is 0 Å². The summed E-state index contributed by atoms with van der Waals surface area (Å²) in [6.07, 6.45) is 32.1.